The average molecular weight is 441 g/mol. The highest BCUT2D eigenvalue weighted by atomic mass is 19.1. The van der Waals surface area contributed by atoms with Gasteiger partial charge in [0.15, 0.2) is 0 Å². The van der Waals surface area contributed by atoms with Crippen LogP contribution in [-0.4, -0.2) is 26.8 Å². The lowest BCUT2D eigenvalue weighted by atomic mass is 9.45. The maximum absolute atomic E-state index is 14.3. The molecule has 3 saturated carbocycles. The van der Waals surface area contributed by atoms with Gasteiger partial charge in [0.2, 0.25) is 0 Å². The molecule has 3 heterocycles. The van der Waals surface area contributed by atoms with Crippen LogP contribution in [0.2, 0.25) is 0 Å². The SMILES string of the molecule is Nc1c(-c2ccc(F)c3[nH]ncc23)c2cc(OCC34CC(C3)C4)c3ncccc3c2[nH]c1=O. The summed E-state index contributed by atoms with van der Waals surface area (Å²) >= 11 is 0. The maximum Gasteiger partial charge on any atom is 0.272 e. The molecule has 0 spiro atoms. The smallest absolute Gasteiger partial charge is 0.272 e. The number of aromatic amines is 2. The van der Waals surface area contributed by atoms with E-state index >= 15 is 0 Å². The van der Waals surface area contributed by atoms with Crippen molar-refractivity contribution < 1.29 is 9.13 Å². The first-order valence-electron chi connectivity index (χ1n) is 11.0. The molecular formula is C25H20FN5O2. The third kappa shape index (κ3) is 2.51. The van der Waals surface area contributed by atoms with Gasteiger partial charge in [0, 0.05) is 33.3 Å². The van der Waals surface area contributed by atoms with Crippen molar-refractivity contribution in [3.63, 3.8) is 0 Å². The number of rotatable bonds is 4. The second-order valence-electron chi connectivity index (χ2n) is 9.46. The molecule has 33 heavy (non-hydrogen) atoms. The number of anilines is 1. The molecule has 0 amide bonds. The third-order valence-corrected chi connectivity index (χ3v) is 7.41. The number of benzene rings is 2. The van der Waals surface area contributed by atoms with E-state index in [9.17, 15) is 9.18 Å². The number of nitrogens with two attached hydrogens (primary N) is 1. The highest BCUT2D eigenvalue weighted by Gasteiger charge is 2.56. The molecule has 0 atom stereocenters. The zero-order valence-corrected chi connectivity index (χ0v) is 17.6. The average Bonchev–Trinajstić information content (AvgIpc) is 3.25. The van der Waals surface area contributed by atoms with Crippen molar-refractivity contribution in [3.8, 4) is 16.9 Å². The van der Waals surface area contributed by atoms with Gasteiger partial charge in [0.25, 0.3) is 5.56 Å². The van der Waals surface area contributed by atoms with Gasteiger partial charge in [-0.15, -0.1) is 0 Å². The van der Waals surface area contributed by atoms with Crippen LogP contribution < -0.4 is 16.0 Å². The van der Waals surface area contributed by atoms with Gasteiger partial charge in [-0.05, 0) is 55.0 Å². The minimum Gasteiger partial charge on any atom is -0.491 e. The van der Waals surface area contributed by atoms with Crippen LogP contribution in [0, 0.1) is 17.2 Å². The Bertz CT molecular complexity index is 1650. The summed E-state index contributed by atoms with van der Waals surface area (Å²) < 4.78 is 20.7. The van der Waals surface area contributed by atoms with Crippen molar-refractivity contribution >= 4 is 38.4 Å². The van der Waals surface area contributed by atoms with Crippen LogP contribution in [0.15, 0.2) is 47.5 Å². The van der Waals surface area contributed by atoms with Gasteiger partial charge < -0.3 is 15.5 Å². The monoisotopic (exact) mass is 441 g/mol. The quantitative estimate of drug-likeness (QED) is 0.355. The normalized spacial score (nSPS) is 21.3. The number of ether oxygens (including phenoxy) is 1. The van der Waals surface area contributed by atoms with Crippen LogP contribution in [0.3, 0.4) is 0 Å². The second kappa shape index (κ2) is 6.31. The summed E-state index contributed by atoms with van der Waals surface area (Å²) in [7, 11) is 0. The Morgan fingerprint density at radius 1 is 1.15 bits per heavy atom. The molecule has 8 rings (SSSR count). The number of halogens is 1. The first kappa shape index (κ1) is 18.6. The van der Waals surface area contributed by atoms with Crippen molar-refractivity contribution in [2.75, 3.05) is 12.3 Å². The number of hydrogen-bond donors (Lipinski definition) is 3. The lowest BCUT2D eigenvalue weighted by molar-refractivity contribution is -0.131. The Morgan fingerprint density at radius 2 is 2.00 bits per heavy atom. The lowest BCUT2D eigenvalue weighted by Crippen LogP contribution is -2.55. The molecule has 0 radical (unpaired) electrons. The van der Waals surface area contributed by atoms with E-state index in [1.807, 2.05) is 18.2 Å². The maximum atomic E-state index is 14.3. The Kier molecular flexibility index (Phi) is 3.56. The summed E-state index contributed by atoms with van der Waals surface area (Å²) in [5.74, 6) is 1.10. The number of hydrogen-bond acceptors (Lipinski definition) is 5. The number of pyridine rings is 2. The lowest BCUT2D eigenvalue weighted by Gasteiger charge is -2.61. The molecule has 8 heteroatoms. The number of aromatic nitrogens is 4. The Hall–Kier alpha value is -3.94. The number of nitrogens with zero attached hydrogens (tertiary/aromatic N) is 2. The fraction of sp³-hybridized carbons (Fsp3) is 0.240. The predicted octanol–water partition coefficient (Wildman–Crippen LogP) is 4.52. The second-order valence-corrected chi connectivity index (χ2v) is 9.46. The van der Waals surface area contributed by atoms with Gasteiger partial charge in [-0.3, -0.25) is 14.9 Å². The van der Waals surface area contributed by atoms with E-state index in [0.717, 1.165) is 11.3 Å². The summed E-state index contributed by atoms with van der Waals surface area (Å²) in [5, 5.41) is 8.73. The number of H-pyrrole nitrogens is 2. The molecule has 3 aromatic heterocycles. The van der Waals surface area contributed by atoms with E-state index in [1.54, 1.807) is 18.5 Å². The molecule has 3 fully saturated rings. The molecule has 2 bridgehead atoms. The van der Waals surface area contributed by atoms with Crippen molar-refractivity contribution in [2.24, 2.45) is 11.3 Å². The largest absolute Gasteiger partial charge is 0.491 e. The Morgan fingerprint density at radius 3 is 2.79 bits per heavy atom. The van der Waals surface area contributed by atoms with E-state index in [4.69, 9.17) is 10.5 Å². The first-order valence-corrected chi connectivity index (χ1v) is 11.0. The van der Waals surface area contributed by atoms with E-state index in [2.05, 4.69) is 20.2 Å². The summed E-state index contributed by atoms with van der Waals surface area (Å²) in [6.07, 6.45) is 6.94. The number of nitrogen functional groups attached to an aromatic ring is 1. The summed E-state index contributed by atoms with van der Waals surface area (Å²) in [6.45, 7) is 0.650. The molecule has 164 valence electrons. The van der Waals surface area contributed by atoms with Gasteiger partial charge in [-0.2, -0.15) is 5.10 Å². The fourth-order valence-corrected chi connectivity index (χ4v) is 5.68. The van der Waals surface area contributed by atoms with E-state index in [0.29, 0.717) is 50.7 Å². The molecule has 5 aromatic rings. The van der Waals surface area contributed by atoms with E-state index < -0.39 is 11.4 Å². The van der Waals surface area contributed by atoms with E-state index in [1.165, 1.54) is 25.3 Å². The van der Waals surface area contributed by atoms with Crippen LogP contribution in [0.25, 0.3) is 43.8 Å². The number of nitrogens with one attached hydrogen (secondary N) is 2. The summed E-state index contributed by atoms with van der Waals surface area (Å²) in [5.41, 5.74) is 9.01. The molecule has 2 aromatic carbocycles. The zero-order valence-electron chi connectivity index (χ0n) is 17.6. The van der Waals surface area contributed by atoms with Gasteiger partial charge in [0.1, 0.15) is 28.3 Å². The molecule has 7 nitrogen and oxygen atoms in total. The van der Waals surface area contributed by atoms with Crippen molar-refractivity contribution in [2.45, 2.75) is 19.3 Å². The molecular weight excluding hydrogens is 421 g/mol. The van der Waals surface area contributed by atoms with Crippen LogP contribution in [0.1, 0.15) is 19.3 Å². The Balaban J connectivity index is 1.52. The van der Waals surface area contributed by atoms with Gasteiger partial charge in [-0.25, -0.2) is 4.39 Å². The predicted molar refractivity (Wildman–Crippen MR) is 125 cm³/mol. The third-order valence-electron chi connectivity index (χ3n) is 7.41. The highest BCUT2D eigenvalue weighted by Crippen LogP contribution is 2.64. The van der Waals surface area contributed by atoms with Crippen molar-refractivity contribution in [1.82, 2.24) is 20.2 Å². The van der Waals surface area contributed by atoms with Crippen LogP contribution in [0.4, 0.5) is 10.1 Å². The van der Waals surface area contributed by atoms with Gasteiger partial charge >= 0.3 is 0 Å². The molecule has 0 aliphatic heterocycles. The Labute approximate surface area is 186 Å². The summed E-state index contributed by atoms with van der Waals surface area (Å²) in [4.78, 5) is 20.4. The van der Waals surface area contributed by atoms with Crippen LogP contribution >= 0.6 is 0 Å². The molecule has 4 N–H and O–H groups in total. The van der Waals surface area contributed by atoms with Crippen molar-refractivity contribution in [1.29, 1.82) is 0 Å². The minimum absolute atomic E-state index is 0.0604. The fourth-order valence-electron chi connectivity index (χ4n) is 5.68. The molecule has 3 aliphatic rings. The van der Waals surface area contributed by atoms with E-state index in [-0.39, 0.29) is 11.2 Å². The van der Waals surface area contributed by atoms with Crippen LogP contribution in [0.5, 0.6) is 5.75 Å². The summed E-state index contributed by atoms with van der Waals surface area (Å²) in [6, 6.07) is 8.62. The molecule has 0 unspecified atom stereocenters. The van der Waals surface area contributed by atoms with Crippen LogP contribution in [-0.2, 0) is 0 Å². The number of fused-ring (bicyclic) bond motifs is 4. The minimum atomic E-state index is -0.420. The molecule has 0 saturated heterocycles. The van der Waals surface area contributed by atoms with Gasteiger partial charge in [0.05, 0.1) is 18.3 Å². The standard InChI is InChI=1S/C25H20FN5O2/c26-17-4-3-13(16-10-29-31-22(16)17)19-15-6-18(33-11-25-7-12(8-25)9-25)23-14(2-1-5-28-23)21(15)30-24(32)20(19)27/h1-6,10,12H,7-9,11,27H2,(H,29,31)(H,30,32). The topological polar surface area (TPSA) is 110 Å². The molecule has 3 aliphatic carbocycles. The van der Waals surface area contributed by atoms with Crippen molar-refractivity contribution in [3.05, 3.63) is 58.9 Å². The zero-order chi connectivity index (χ0) is 22.3. The first-order chi connectivity index (χ1) is 16.0. The highest BCUT2D eigenvalue weighted by molar-refractivity contribution is 6.15. The van der Waals surface area contributed by atoms with Gasteiger partial charge in [-0.1, -0.05) is 6.07 Å².